The first-order valence-electron chi connectivity index (χ1n) is 9.67. The SMILES string of the molecule is CC[C@]12c3c4ccc(O)c3O[C@H]1[C@@H](O)CC[C@@]2(O)[C@H](NCC1CC1)C4. The Kier molecular flexibility index (Phi) is 3.26. The van der Waals surface area contributed by atoms with E-state index in [-0.39, 0.29) is 11.8 Å². The molecule has 0 saturated heterocycles. The fourth-order valence-electron chi connectivity index (χ4n) is 5.80. The van der Waals surface area contributed by atoms with Crippen molar-refractivity contribution in [2.45, 2.75) is 74.7 Å². The van der Waals surface area contributed by atoms with Crippen molar-refractivity contribution in [3.8, 4) is 11.5 Å². The van der Waals surface area contributed by atoms with Crippen LogP contribution in [0.4, 0.5) is 0 Å². The van der Waals surface area contributed by atoms with Gasteiger partial charge in [-0.2, -0.15) is 0 Å². The second kappa shape index (κ2) is 5.12. The summed E-state index contributed by atoms with van der Waals surface area (Å²) in [5.74, 6) is 1.33. The Bertz CT molecular complexity index is 718. The van der Waals surface area contributed by atoms with Gasteiger partial charge >= 0.3 is 0 Å². The van der Waals surface area contributed by atoms with Gasteiger partial charge in [-0.25, -0.2) is 0 Å². The highest BCUT2D eigenvalue weighted by atomic mass is 16.5. The molecule has 0 radical (unpaired) electrons. The predicted molar refractivity (Wildman–Crippen MR) is 92.9 cm³/mol. The van der Waals surface area contributed by atoms with Gasteiger partial charge in [0.05, 0.1) is 17.1 Å². The van der Waals surface area contributed by atoms with E-state index in [2.05, 4.69) is 12.2 Å². The smallest absolute Gasteiger partial charge is 0.165 e. The van der Waals surface area contributed by atoms with Crippen molar-refractivity contribution in [1.29, 1.82) is 0 Å². The summed E-state index contributed by atoms with van der Waals surface area (Å²) < 4.78 is 6.10. The maximum absolute atomic E-state index is 12.0. The molecule has 5 nitrogen and oxygen atoms in total. The van der Waals surface area contributed by atoms with Crippen LogP contribution in [-0.4, -0.2) is 45.7 Å². The maximum Gasteiger partial charge on any atom is 0.165 e. The minimum Gasteiger partial charge on any atom is -0.504 e. The monoisotopic (exact) mass is 345 g/mol. The maximum atomic E-state index is 12.0. The molecule has 136 valence electrons. The number of hydrogen-bond acceptors (Lipinski definition) is 5. The number of phenols is 1. The van der Waals surface area contributed by atoms with E-state index in [9.17, 15) is 15.3 Å². The highest BCUT2D eigenvalue weighted by Crippen LogP contribution is 2.63. The van der Waals surface area contributed by atoms with Gasteiger partial charge in [-0.15, -0.1) is 0 Å². The van der Waals surface area contributed by atoms with E-state index in [0.717, 1.165) is 30.0 Å². The summed E-state index contributed by atoms with van der Waals surface area (Å²) in [5.41, 5.74) is 0.440. The van der Waals surface area contributed by atoms with Crippen LogP contribution in [-0.2, 0) is 11.8 Å². The second-order valence-electron chi connectivity index (χ2n) is 8.45. The number of hydrogen-bond donors (Lipinski definition) is 4. The Morgan fingerprint density at radius 2 is 2.08 bits per heavy atom. The zero-order valence-corrected chi connectivity index (χ0v) is 14.7. The molecular weight excluding hydrogens is 318 g/mol. The quantitative estimate of drug-likeness (QED) is 0.667. The van der Waals surface area contributed by atoms with Crippen LogP contribution in [0.25, 0.3) is 0 Å². The van der Waals surface area contributed by atoms with Crippen molar-refractivity contribution in [2.24, 2.45) is 5.92 Å². The molecule has 0 spiro atoms. The molecule has 0 amide bonds. The number of rotatable bonds is 4. The van der Waals surface area contributed by atoms with Crippen molar-refractivity contribution in [3.05, 3.63) is 23.3 Å². The molecule has 4 aliphatic rings. The average molecular weight is 345 g/mol. The molecule has 0 bridgehead atoms. The molecule has 2 saturated carbocycles. The summed E-state index contributed by atoms with van der Waals surface area (Å²) in [6.45, 7) is 3.01. The summed E-state index contributed by atoms with van der Waals surface area (Å²) in [6, 6.07) is 3.60. The number of ether oxygens (including phenoxy) is 1. The van der Waals surface area contributed by atoms with E-state index in [1.54, 1.807) is 6.07 Å². The van der Waals surface area contributed by atoms with Crippen LogP contribution in [0.1, 0.15) is 50.2 Å². The summed E-state index contributed by atoms with van der Waals surface area (Å²) in [6.07, 6.45) is 3.92. The zero-order chi connectivity index (χ0) is 17.4. The number of nitrogens with one attached hydrogen (secondary N) is 1. The van der Waals surface area contributed by atoms with Crippen molar-refractivity contribution >= 4 is 0 Å². The van der Waals surface area contributed by atoms with Crippen molar-refractivity contribution in [2.75, 3.05) is 6.54 Å². The molecule has 5 heteroatoms. The molecular formula is C20H27NO4. The highest BCUT2D eigenvalue weighted by Gasteiger charge is 2.69. The second-order valence-corrected chi connectivity index (χ2v) is 8.45. The Labute approximate surface area is 148 Å². The number of phenolic OH excluding ortho intramolecular Hbond substituents is 1. The van der Waals surface area contributed by atoms with E-state index in [1.165, 1.54) is 12.8 Å². The first-order chi connectivity index (χ1) is 12.0. The van der Waals surface area contributed by atoms with Crippen LogP contribution in [0.3, 0.4) is 0 Å². The minimum atomic E-state index is -0.966. The lowest BCUT2D eigenvalue weighted by Crippen LogP contribution is -2.73. The third kappa shape index (κ3) is 1.89. The van der Waals surface area contributed by atoms with Gasteiger partial charge in [-0.1, -0.05) is 13.0 Å². The molecule has 2 fully saturated rings. The van der Waals surface area contributed by atoms with E-state index >= 15 is 0 Å². The third-order valence-corrected chi connectivity index (χ3v) is 7.25. The highest BCUT2D eigenvalue weighted by molar-refractivity contribution is 5.61. The molecule has 1 aliphatic heterocycles. The summed E-state index contributed by atoms with van der Waals surface area (Å²) in [4.78, 5) is 0. The fraction of sp³-hybridized carbons (Fsp3) is 0.700. The lowest BCUT2D eigenvalue weighted by Gasteiger charge is -2.58. The van der Waals surface area contributed by atoms with Gasteiger partial charge in [0.1, 0.15) is 6.10 Å². The molecule has 4 N–H and O–H groups in total. The third-order valence-electron chi connectivity index (χ3n) is 7.25. The molecule has 5 atom stereocenters. The lowest BCUT2D eigenvalue weighted by atomic mass is 9.50. The topological polar surface area (TPSA) is 82.0 Å². The van der Waals surface area contributed by atoms with Crippen LogP contribution in [0.5, 0.6) is 11.5 Å². The molecule has 3 aliphatic carbocycles. The molecule has 1 aromatic carbocycles. The van der Waals surface area contributed by atoms with Gasteiger partial charge in [0.25, 0.3) is 0 Å². The van der Waals surface area contributed by atoms with E-state index < -0.39 is 23.2 Å². The van der Waals surface area contributed by atoms with E-state index in [1.807, 2.05) is 6.07 Å². The van der Waals surface area contributed by atoms with Gasteiger partial charge in [0.15, 0.2) is 11.5 Å². The predicted octanol–water partition coefficient (Wildman–Crippen LogP) is 1.61. The largest absolute Gasteiger partial charge is 0.504 e. The standard InChI is InChI=1S/C20H27NO4/c1-2-19-16-12-5-6-13(22)17(16)25-18(19)14(23)7-8-20(19,24)15(9-12)21-10-11-3-4-11/h5-6,11,14-15,18,21-24H,2-4,7-10H2,1H3/t14-,15+,18-,19-,20+/m0/s1. The summed E-state index contributed by atoms with van der Waals surface area (Å²) in [5, 5.41) is 36.6. The van der Waals surface area contributed by atoms with Crippen LogP contribution in [0.15, 0.2) is 12.1 Å². The van der Waals surface area contributed by atoms with Gasteiger partial charge < -0.3 is 25.4 Å². The van der Waals surface area contributed by atoms with Crippen molar-refractivity contribution in [3.63, 3.8) is 0 Å². The van der Waals surface area contributed by atoms with Crippen molar-refractivity contribution in [1.82, 2.24) is 5.32 Å². The summed E-state index contributed by atoms with van der Waals surface area (Å²) >= 11 is 0. The zero-order valence-electron chi connectivity index (χ0n) is 14.7. The Balaban J connectivity index is 1.68. The normalized spacial score (nSPS) is 41.3. The summed E-state index contributed by atoms with van der Waals surface area (Å²) in [7, 11) is 0. The average Bonchev–Trinajstić information content (AvgIpc) is 3.35. The van der Waals surface area contributed by atoms with Crippen LogP contribution >= 0.6 is 0 Å². The number of benzene rings is 1. The molecule has 25 heavy (non-hydrogen) atoms. The van der Waals surface area contributed by atoms with Crippen LogP contribution in [0.2, 0.25) is 0 Å². The first-order valence-corrected chi connectivity index (χ1v) is 9.67. The molecule has 5 rings (SSSR count). The minimum absolute atomic E-state index is 0.0466. The first kappa shape index (κ1) is 15.9. The van der Waals surface area contributed by atoms with Crippen molar-refractivity contribution < 1.29 is 20.1 Å². The van der Waals surface area contributed by atoms with Gasteiger partial charge in [0.2, 0.25) is 0 Å². The van der Waals surface area contributed by atoms with Crippen LogP contribution in [0, 0.1) is 5.92 Å². The molecule has 0 aromatic heterocycles. The number of aromatic hydroxyl groups is 1. The number of aliphatic hydroxyl groups excluding tert-OH is 1. The molecule has 0 unspecified atom stereocenters. The van der Waals surface area contributed by atoms with E-state index in [0.29, 0.717) is 25.0 Å². The number of aliphatic hydroxyl groups is 2. The van der Waals surface area contributed by atoms with Crippen LogP contribution < -0.4 is 10.1 Å². The fourth-order valence-corrected chi connectivity index (χ4v) is 5.80. The van der Waals surface area contributed by atoms with Gasteiger partial charge in [-0.05, 0) is 62.6 Å². The Hall–Kier alpha value is -1.30. The Morgan fingerprint density at radius 3 is 2.80 bits per heavy atom. The van der Waals surface area contributed by atoms with Gasteiger partial charge in [-0.3, -0.25) is 0 Å². The Morgan fingerprint density at radius 1 is 1.28 bits per heavy atom. The molecule has 1 heterocycles. The van der Waals surface area contributed by atoms with Gasteiger partial charge in [0, 0.05) is 11.6 Å². The van der Waals surface area contributed by atoms with E-state index in [4.69, 9.17) is 4.74 Å². The molecule has 1 aromatic rings. The lowest BCUT2D eigenvalue weighted by molar-refractivity contribution is -0.167.